The molecule has 6 nitrogen and oxygen atoms in total. The van der Waals surface area contributed by atoms with E-state index in [9.17, 15) is 9.90 Å². The maximum atomic E-state index is 12.9. The molecule has 0 unspecified atom stereocenters. The molecule has 3 aliphatic rings. The van der Waals surface area contributed by atoms with E-state index < -0.39 is 0 Å². The number of carbonyl (C=O) groups is 1. The predicted octanol–water partition coefficient (Wildman–Crippen LogP) is 1.58. The molecule has 3 aliphatic heterocycles. The summed E-state index contributed by atoms with van der Waals surface area (Å²) in [6, 6.07) is 5.23. The van der Waals surface area contributed by atoms with Crippen molar-refractivity contribution in [1.82, 2.24) is 9.80 Å². The molecule has 3 saturated heterocycles. The maximum absolute atomic E-state index is 12.9. The number of phenols is 1. The number of aromatic hydroxyl groups is 1. The Morgan fingerprint density at radius 2 is 2.08 bits per heavy atom. The fraction of sp³-hybridized carbons (Fsp3) is 0.611. The van der Waals surface area contributed by atoms with E-state index in [1.54, 1.807) is 19.2 Å². The number of fused-ring (bicyclic) bond motifs is 4. The van der Waals surface area contributed by atoms with Crippen LogP contribution in [-0.4, -0.2) is 73.9 Å². The van der Waals surface area contributed by atoms with E-state index in [2.05, 4.69) is 4.90 Å². The largest absolute Gasteiger partial charge is 0.507 e. The van der Waals surface area contributed by atoms with E-state index in [0.717, 1.165) is 39.1 Å². The molecule has 0 radical (unpaired) electrons. The van der Waals surface area contributed by atoms with Crippen molar-refractivity contribution in [2.45, 2.75) is 18.9 Å². The van der Waals surface area contributed by atoms with Crippen molar-refractivity contribution in [3.8, 4) is 11.5 Å². The van der Waals surface area contributed by atoms with Gasteiger partial charge in [0.15, 0.2) is 0 Å². The van der Waals surface area contributed by atoms with Crippen molar-refractivity contribution in [3.05, 3.63) is 23.8 Å². The monoisotopic (exact) mass is 334 g/mol. The predicted molar refractivity (Wildman–Crippen MR) is 90.5 cm³/mol. The lowest BCUT2D eigenvalue weighted by Gasteiger charge is -2.35. The third-order valence-corrected chi connectivity index (χ3v) is 5.13. The van der Waals surface area contributed by atoms with Gasteiger partial charge >= 0.3 is 0 Å². The number of methoxy groups -OCH3 is 2. The summed E-state index contributed by atoms with van der Waals surface area (Å²) in [7, 11) is 3.26. The van der Waals surface area contributed by atoms with Crippen molar-refractivity contribution < 1.29 is 19.4 Å². The summed E-state index contributed by atoms with van der Waals surface area (Å²) in [5, 5.41) is 10.2. The standard InChI is InChI=1S/C18H26N2O4/c1-23-8-7-19-10-13-3-4-14(19)12-20(11-13)18(22)16-6-5-15(24-2)9-17(16)21/h5-6,9,13-14,21H,3-4,7-8,10-12H2,1-2H3/t13-,14-/m1/s1. The van der Waals surface area contributed by atoms with Crippen LogP contribution in [0.25, 0.3) is 0 Å². The summed E-state index contributed by atoms with van der Waals surface area (Å²) >= 11 is 0. The number of hydrogen-bond acceptors (Lipinski definition) is 5. The highest BCUT2D eigenvalue weighted by Crippen LogP contribution is 2.30. The molecule has 3 heterocycles. The first-order valence-corrected chi connectivity index (χ1v) is 8.51. The molecule has 24 heavy (non-hydrogen) atoms. The Morgan fingerprint density at radius 3 is 2.79 bits per heavy atom. The first kappa shape index (κ1) is 17.0. The number of hydrogen-bond donors (Lipinski definition) is 1. The molecular weight excluding hydrogens is 308 g/mol. The topological polar surface area (TPSA) is 62.2 Å². The number of carbonyl (C=O) groups excluding carboxylic acids is 1. The van der Waals surface area contributed by atoms with Crippen LogP contribution in [-0.2, 0) is 4.74 Å². The highest BCUT2D eigenvalue weighted by Gasteiger charge is 2.36. The molecular formula is C18H26N2O4. The summed E-state index contributed by atoms with van der Waals surface area (Å²) in [5.74, 6) is 0.920. The average Bonchev–Trinajstić information content (AvgIpc) is 2.91. The lowest BCUT2D eigenvalue weighted by atomic mass is 9.95. The summed E-state index contributed by atoms with van der Waals surface area (Å²) in [6.45, 7) is 4.12. The minimum absolute atomic E-state index is 0.0211. The highest BCUT2D eigenvalue weighted by molar-refractivity contribution is 5.97. The summed E-state index contributed by atoms with van der Waals surface area (Å²) in [6.07, 6.45) is 2.28. The highest BCUT2D eigenvalue weighted by atomic mass is 16.5. The summed E-state index contributed by atoms with van der Waals surface area (Å²) < 4.78 is 10.3. The number of nitrogens with zero attached hydrogens (tertiary/aromatic N) is 2. The molecule has 2 bridgehead atoms. The van der Waals surface area contributed by atoms with Crippen LogP contribution >= 0.6 is 0 Å². The van der Waals surface area contributed by atoms with Crippen molar-refractivity contribution >= 4 is 5.91 Å². The number of rotatable bonds is 5. The van der Waals surface area contributed by atoms with Crippen LogP contribution in [0.15, 0.2) is 18.2 Å². The van der Waals surface area contributed by atoms with E-state index in [0.29, 0.717) is 29.8 Å². The van der Waals surface area contributed by atoms with Crippen LogP contribution in [0.1, 0.15) is 23.2 Å². The quantitative estimate of drug-likeness (QED) is 0.886. The van der Waals surface area contributed by atoms with E-state index >= 15 is 0 Å². The Morgan fingerprint density at radius 1 is 1.25 bits per heavy atom. The average molecular weight is 334 g/mol. The van der Waals surface area contributed by atoms with Gasteiger partial charge in [-0.3, -0.25) is 9.69 Å². The van der Waals surface area contributed by atoms with Gasteiger partial charge in [-0.2, -0.15) is 0 Å². The fourth-order valence-corrected chi connectivity index (χ4v) is 3.82. The molecule has 3 fully saturated rings. The number of ether oxygens (including phenoxy) is 2. The molecule has 132 valence electrons. The van der Waals surface area contributed by atoms with Gasteiger partial charge < -0.3 is 19.5 Å². The van der Waals surface area contributed by atoms with Gasteiger partial charge in [-0.15, -0.1) is 0 Å². The molecule has 0 aromatic heterocycles. The lowest BCUT2D eigenvalue weighted by Crippen LogP contribution is -2.45. The number of amides is 1. The molecule has 0 spiro atoms. The van der Waals surface area contributed by atoms with Gasteiger partial charge in [0.2, 0.25) is 0 Å². The van der Waals surface area contributed by atoms with Gasteiger partial charge in [0.25, 0.3) is 5.91 Å². The smallest absolute Gasteiger partial charge is 0.257 e. The van der Waals surface area contributed by atoms with E-state index in [1.807, 2.05) is 4.90 Å². The van der Waals surface area contributed by atoms with Crippen molar-refractivity contribution in [3.63, 3.8) is 0 Å². The summed E-state index contributed by atoms with van der Waals surface area (Å²) in [4.78, 5) is 17.2. The minimum atomic E-state index is -0.0966. The first-order chi connectivity index (χ1) is 11.6. The van der Waals surface area contributed by atoms with Crippen LogP contribution in [0.3, 0.4) is 0 Å². The first-order valence-electron chi connectivity index (χ1n) is 8.51. The van der Waals surface area contributed by atoms with E-state index in [4.69, 9.17) is 9.47 Å². The van der Waals surface area contributed by atoms with Crippen molar-refractivity contribution in [2.24, 2.45) is 5.92 Å². The third kappa shape index (κ3) is 3.49. The van der Waals surface area contributed by atoms with E-state index in [-0.39, 0.29) is 11.7 Å². The number of phenolic OH excluding ortho intramolecular Hbond substituents is 1. The van der Waals surface area contributed by atoms with Crippen LogP contribution in [0, 0.1) is 5.92 Å². The second-order valence-corrected chi connectivity index (χ2v) is 6.68. The SMILES string of the molecule is COCCN1C[C@H]2CC[C@@H]1CN(C(=O)c1ccc(OC)cc1O)C2. The molecule has 1 N–H and O–H groups in total. The molecule has 6 heteroatoms. The fourth-order valence-electron chi connectivity index (χ4n) is 3.82. The van der Waals surface area contributed by atoms with E-state index in [1.165, 1.54) is 13.2 Å². The minimum Gasteiger partial charge on any atom is -0.507 e. The number of benzene rings is 1. The normalized spacial score (nSPS) is 24.0. The van der Waals surface area contributed by atoms with Crippen molar-refractivity contribution in [2.75, 3.05) is 47.0 Å². The Kier molecular flexibility index (Phi) is 5.26. The van der Waals surface area contributed by atoms with Gasteiger partial charge in [-0.1, -0.05) is 0 Å². The Balaban J connectivity index is 1.74. The maximum Gasteiger partial charge on any atom is 0.257 e. The zero-order valence-electron chi connectivity index (χ0n) is 14.4. The lowest BCUT2D eigenvalue weighted by molar-refractivity contribution is 0.0715. The van der Waals surface area contributed by atoms with Crippen LogP contribution < -0.4 is 4.74 Å². The molecule has 1 amide bonds. The molecule has 2 atom stereocenters. The Bertz CT molecular complexity index is 592. The summed E-state index contributed by atoms with van der Waals surface area (Å²) in [5.41, 5.74) is 0.348. The molecule has 0 saturated carbocycles. The van der Waals surface area contributed by atoms with Crippen molar-refractivity contribution in [1.29, 1.82) is 0 Å². The van der Waals surface area contributed by atoms with Gasteiger partial charge in [-0.25, -0.2) is 0 Å². The van der Waals surface area contributed by atoms with Crippen LogP contribution in [0.4, 0.5) is 0 Å². The Hall–Kier alpha value is -1.79. The van der Waals surface area contributed by atoms with Crippen LogP contribution in [0.2, 0.25) is 0 Å². The zero-order valence-corrected chi connectivity index (χ0v) is 14.4. The molecule has 4 rings (SSSR count). The second kappa shape index (κ2) is 7.40. The number of piperidine rings is 1. The van der Waals surface area contributed by atoms with Gasteiger partial charge in [0, 0.05) is 45.4 Å². The third-order valence-electron chi connectivity index (χ3n) is 5.13. The van der Waals surface area contributed by atoms with Gasteiger partial charge in [-0.05, 0) is 30.9 Å². The molecule has 0 aliphatic carbocycles. The van der Waals surface area contributed by atoms with Crippen LogP contribution in [0.5, 0.6) is 11.5 Å². The molecule has 1 aromatic rings. The second-order valence-electron chi connectivity index (χ2n) is 6.68. The zero-order chi connectivity index (χ0) is 17.1. The molecule has 1 aromatic carbocycles. The van der Waals surface area contributed by atoms with Gasteiger partial charge in [0.05, 0.1) is 19.3 Å². The van der Waals surface area contributed by atoms with Gasteiger partial charge in [0.1, 0.15) is 11.5 Å². The Labute approximate surface area is 143 Å².